The molecular formula is C17H27Cl3SiTi. The number of benzene rings is 1. The predicted molar refractivity (Wildman–Crippen MR) is 106 cm³/mol. The van der Waals surface area contributed by atoms with Crippen molar-refractivity contribution >= 4 is 51.3 Å². The molecule has 0 aliphatic heterocycles. The first-order valence-electron chi connectivity index (χ1n) is 7.19. The summed E-state index contributed by atoms with van der Waals surface area (Å²) >= 11 is -0.142. The molecule has 0 aromatic heterocycles. The van der Waals surface area contributed by atoms with Gasteiger partial charge in [0.1, 0.15) is 0 Å². The Labute approximate surface area is 166 Å². The fourth-order valence-corrected chi connectivity index (χ4v) is 6.87. The molecule has 0 saturated heterocycles. The smallest absolute Gasteiger partial charge is 0.147 e. The molecule has 124 valence electrons. The summed E-state index contributed by atoms with van der Waals surface area (Å²) in [6, 6.07) is 9.10. The summed E-state index contributed by atoms with van der Waals surface area (Å²) in [5.41, 5.74) is 3.53. The number of hydrogen-bond acceptors (Lipinski definition) is 0. The molecule has 0 radical (unpaired) electrons. The Morgan fingerprint density at radius 3 is 2.23 bits per heavy atom. The van der Waals surface area contributed by atoms with Gasteiger partial charge in [-0.1, -0.05) is 0 Å². The summed E-state index contributed by atoms with van der Waals surface area (Å²) in [7, 11) is 1.21. The monoisotopic (exact) mass is 412 g/mol. The van der Waals surface area contributed by atoms with Crippen molar-refractivity contribution in [2.24, 2.45) is 0 Å². The fraction of sp³-hybridized carbons (Fsp3) is 0.412. The van der Waals surface area contributed by atoms with E-state index in [9.17, 15) is 0 Å². The maximum atomic E-state index is 2.48. The van der Waals surface area contributed by atoms with Gasteiger partial charge in [-0.3, -0.25) is 0 Å². The molecule has 1 aromatic carbocycles. The first-order chi connectivity index (χ1) is 8.93. The summed E-state index contributed by atoms with van der Waals surface area (Å²) in [4.78, 5) is 0. The van der Waals surface area contributed by atoms with Crippen LogP contribution in [0.3, 0.4) is 0 Å². The molecule has 0 bridgehead atoms. The third-order valence-electron chi connectivity index (χ3n) is 3.83. The van der Waals surface area contributed by atoms with Crippen LogP contribution >= 0.6 is 37.2 Å². The second-order valence-electron chi connectivity index (χ2n) is 6.32. The van der Waals surface area contributed by atoms with Crippen molar-refractivity contribution in [1.29, 1.82) is 0 Å². The van der Waals surface area contributed by atoms with Gasteiger partial charge in [0, 0.05) is 0 Å². The van der Waals surface area contributed by atoms with E-state index >= 15 is 0 Å². The first-order valence-corrected chi connectivity index (χ1v) is 9.75. The van der Waals surface area contributed by atoms with Crippen LogP contribution in [0.15, 0.2) is 45.0 Å². The maximum Gasteiger partial charge on any atom is -0.147 e. The second kappa shape index (κ2) is 10.4. The number of hydrogen-bond donors (Lipinski definition) is 0. The molecule has 0 saturated carbocycles. The molecule has 0 heterocycles. The van der Waals surface area contributed by atoms with Crippen LogP contribution < -0.4 is 3.87 Å². The van der Waals surface area contributed by atoms with Crippen molar-refractivity contribution in [2.45, 2.75) is 46.0 Å². The third-order valence-corrected chi connectivity index (χ3v) is 7.20. The third kappa shape index (κ3) is 5.85. The van der Waals surface area contributed by atoms with Gasteiger partial charge in [0.25, 0.3) is 0 Å². The van der Waals surface area contributed by atoms with Gasteiger partial charge in [-0.2, -0.15) is 0 Å². The van der Waals surface area contributed by atoms with Crippen LogP contribution in [0, 0.1) is 0 Å². The molecule has 0 unspecified atom stereocenters. The molecule has 22 heavy (non-hydrogen) atoms. The van der Waals surface area contributed by atoms with Gasteiger partial charge in [-0.25, -0.2) is 0 Å². The van der Waals surface area contributed by atoms with Gasteiger partial charge in [-0.05, 0) is 0 Å². The van der Waals surface area contributed by atoms with Gasteiger partial charge in [0.2, 0.25) is 0 Å². The van der Waals surface area contributed by atoms with Gasteiger partial charge in [0.15, 0.2) is 0 Å². The topological polar surface area (TPSA) is 0 Å². The van der Waals surface area contributed by atoms with Crippen molar-refractivity contribution in [3.05, 3.63) is 50.6 Å². The Morgan fingerprint density at radius 2 is 1.68 bits per heavy atom. The van der Waals surface area contributed by atoms with Crippen LogP contribution in [0.5, 0.6) is 0 Å². The molecule has 0 nitrogen and oxygen atoms in total. The van der Waals surface area contributed by atoms with E-state index in [1.165, 1.54) is 23.1 Å². The molecule has 1 aliphatic rings. The second-order valence-corrected chi connectivity index (χ2v) is 9.57. The molecule has 0 fully saturated rings. The Kier molecular flexibility index (Phi) is 11.7. The Morgan fingerprint density at radius 1 is 1.09 bits per heavy atom. The van der Waals surface area contributed by atoms with E-state index in [0.717, 1.165) is 0 Å². The standard InChI is InChI=1S/C10H13.C7H11Si.3ClH.Ti/c1-10(2,3)9-7-5-4-6-8-9;1-2-6-4-3-5-7(6)8;;;;/h4-7H,1-3H3;5H,2-3H2,1,8H3;3*1H;. The van der Waals surface area contributed by atoms with Gasteiger partial charge in [0.05, 0.1) is 0 Å². The van der Waals surface area contributed by atoms with E-state index in [-0.39, 0.29) is 61.8 Å². The van der Waals surface area contributed by atoms with Crippen LogP contribution in [0.2, 0.25) is 0 Å². The summed E-state index contributed by atoms with van der Waals surface area (Å²) in [5.74, 6) is 0. The Bertz CT molecular complexity index is 545. The summed E-state index contributed by atoms with van der Waals surface area (Å²) in [5, 5.41) is 1.66. The molecular weight excluding hydrogens is 386 g/mol. The molecule has 0 spiro atoms. The minimum atomic E-state index is -0.142. The van der Waals surface area contributed by atoms with Crippen molar-refractivity contribution < 1.29 is 19.2 Å². The fourth-order valence-electron chi connectivity index (χ4n) is 2.77. The van der Waals surface area contributed by atoms with Crippen molar-refractivity contribution in [3.63, 3.8) is 0 Å². The quantitative estimate of drug-likeness (QED) is 0.649. The van der Waals surface area contributed by atoms with Crippen LogP contribution in [-0.2, 0) is 24.6 Å². The van der Waals surface area contributed by atoms with Crippen molar-refractivity contribution in [3.8, 4) is 0 Å². The van der Waals surface area contributed by atoms with E-state index in [1.54, 1.807) is 24.1 Å². The van der Waals surface area contributed by atoms with Gasteiger partial charge >= 0.3 is 130 Å². The number of allylic oxidation sites excluding steroid dienone is 4. The van der Waals surface area contributed by atoms with Gasteiger partial charge < -0.3 is 0 Å². The van der Waals surface area contributed by atoms with E-state index in [4.69, 9.17) is 0 Å². The summed E-state index contributed by atoms with van der Waals surface area (Å²) < 4.78 is 3.42. The normalized spacial score (nSPS) is 13.7. The van der Waals surface area contributed by atoms with Crippen LogP contribution in [0.25, 0.3) is 0 Å². The van der Waals surface area contributed by atoms with Crippen LogP contribution in [0.1, 0.15) is 46.1 Å². The number of rotatable bonds is 3. The zero-order valence-electron chi connectivity index (χ0n) is 14.0. The Balaban J connectivity index is 0. The summed E-state index contributed by atoms with van der Waals surface area (Å²) in [6.45, 7) is 9.31. The van der Waals surface area contributed by atoms with E-state index in [0.29, 0.717) is 0 Å². The molecule has 5 heteroatoms. The SMILES string of the molecule is CCC1=[C]([Ti][c]2ccccc2C(C)(C)C)CC=C1[SiH3].Cl.Cl.Cl. The summed E-state index contributed by atoms with van der Waals surface area (Å²) in [6.07, 6.45) is 4.94. The average molecular weight is 414 g/mol. The Hall–Kier alpha value is 0.501. The van der Waals surface area contributed by atoms with Crippen LogP contribution in [-0.4, -0.2) is 10.2 Å². The van der Waals surface area contributed by atoms with Crippen molar-refractivity contribution in [2.75, 3.05) is 0 Å². The van der Waals surface area contributed by atoms with E-state index < -0.39 is 0 Å². The molecule has 1 aliphatic carbocycles. The molecule has 0 atom stereocenters. The largest absolute Gasteiger partial charge is 0.147 e. The molecule has 2 rings (SSSR count). The van der Waals surface area contributed by atoms with E-state index in [2.05, 4.69) is 58.0 Å². The predicted octanol–water partition coefficient (Wildman–Crippen LogP) is 4.27. The van der Waals surface area contributed by atoms with Crippen molar-refractivity contribution in [1.82, 2.24) is 0 Å². The van der Waals surface area contributed by atoms with E-state index in [1.807, 2.05) is 0 Å². The maximum absolute atomic E-state index is 2.48. The zero-order valence-corrected chi connectivity index (χ0v) is 20.0. The minimum absolute atomic E-state index is 0. The van der Waals surface area contributed by atoms with Gasteiger partial charge in [-0.15, -0.1) is 37.2 Å². The van der Waals surface area contributed by atoms with Crippen LogP contribution in [0.4, 0.5) is 0 Å². The minimum Gasteiger partial charge on any atom is -0.147 e. The molecule has 0 N–H and O–H groups in total. The first kappa shape index (κ1) is 24.7. The zero-order chi connectivity index (χ0) is 14.0. The molecule has 0 amide bonds. The number of halogens is 3. The average Bonchev–Trinajstić information content (AvgIpc) is 2.69. The molecule has 1 aromatic rings.